The number of nitrogens with zero attached hydrogens (tertiary/aromatic N) is 1. The number of phenolic OH excluding ortho intramolecular Hbond substituents is 2. The van der Waals surface area contributed by atoms with Crippen LogP contribution in [-0.2, 0) is 6.42 Å². The second-order valence-electron chi connectivity index (χ2n) is 5.94. The predicted molar refractivity (Wildman–Crippen MR) is 93.2 cm³/mol. The zero-order valence-corrected chi connectivity index (χ0v) is 14.2. The maximum Gasteiger partial charge on any atom is 0.206 e. The second-order valence-corrected chi connectivity index (χ2v) is 5.94. The Kier molecular flexibility index (Phi) is 5.51. The number of nitrogens with two attached hydrogens (primary N) is 1. The van der Waals surface area contributed by atoms with Gasteiger partial charge in [-0.2, -0.15) is 4.39 Å². The van der Waals surface area contributed by atoms with E-state index in [1.54, 1.807) is 13.0 Å². The summed E-state index contributed by atoms with van der Waals surface area (Å²) >= 11 is 0. The van der Waals surface area contributed by atoms with E-state index in [2.05, 4.69) is 10.2 Å². The zero-order valence-electron chi connectivity index (χ0n) is 14.2. The van der Waals surface area contributed by atoms with Crippen molar-refractivity contribution < 1.29 is 14.6 Å². The van der Waals surface area contributed by atoms with Crippen LogP contribution in [0.2, 0.25) is 0 Å². The molecule has 24 heavy (non-hydrogen) atoms. The molecule has 2 rings (SSSR count). The number of aryl methyl sites for hydroxylation is 1. The first-order valence-corrected chi connectivity index (χ1v) is 7.76. The van der Waals surface area contributed by atoms with Gasteiger partial charge in [-0.1, -0.05) is 6.08 Å². The molecule has 6 heteroatoms. The number of hydrogen-bond donors (Lipinski definition) is 4. The van der Waals surface area contributed by atoms with E-state index < -0.39 is 17.3 Å². The van der Waals surface area contributed by atoms with Gasteiger partial charge in [-0.15, -0.1) is 0 Å². The molecule has 0 bridgehead atoms. The van der Waals surface area contributed by atoms with E-state index in [-0.39, 0.29) is 0 Å². The third-order valence-corrected chi connectivity index (χ3v) is 4.10. The Morgan fingerprint density at radius 2 is 2.08 bits per heavy atom. The summed E-state index contributed by atoms with van der Waals surface area (Å²) in [6.07, 6.45) is 6.21. The molecule has 5 nitrogen and oxygen atoms in total. The monoisotopic (exact) mass is 333 g/mol. The highest BCUT2D eigenvalue weighted by molar-refractivity contribution is 5.48. The van der Waals surface area contributed by atoms with Gasteiger partial charge in [0, 0.05) is 50.2 Å². The van der Waals surface area contributed by atoms with Gasteiger partial charge in [0.1, 0.15) is 0 Å². The maximum absolute atomic E-state index is 13.8. The molecule has 5 N–H and O–H groups in total. The maximum atomic E-state index is 13.8. The summed E-state index contributed by atoms with van der Waals surface area (Å²) in [5.74, 6) is -1.96. The summed E-state index contributed by atoms with van der Waals surface area (Å²) in [5.41, 5.74) is 9.69. The van der Waals surface area contributed by atoms with Gasteiger partial charge in [-0.3, -0.25) is 0 Å². The smallest absolute Gasteiger partial charge is 0.206 e. The third-order valence-electron chi connectivity index (χ3n) is 4.10. The van der Waals surface area contributed by atoms with Crippen molar-refractivity contribution in [2.45, 2.75) is 13.3 Å². The lowest BCUT2D eigenvalue weighted by Crippen LogP contribution is -2.27. The molecule has 0 spiro atoms. The van der Waals surface area contributed by atoms with Crippen molar-refractivity contribution in [1.82, 2.24) is 10.2 Å². The molecule has 0 saturated heterocycles. The average Bonchev–Trinajstić information content (AvgIpc) is 2.56. The fourth-order valence-electron chi connectivity index (χ4n) is 2.85. The van der Waals surface area contributed by atoms with Crippen LogP contribution in [0.3, 0.4) is 0 Å². The summed E-state index contributed by atoms with van der Waals surface area (Å²) in [4.78, 5) is 2.06. The van der Waals surface area contributed by atoms with Crippen molar-refractivity contribution in [3.63, 3.8) is 0 Å². The number of benzene rings is 1. The Morgan fingerprint density at radius 1 is 1.38 bits per heavy atom. The Hall–Kier alpha value is -2.47. The molecular weight excluding hydrogens is 309 g/mol. The van der Waals surface area contributed by atoms with Crippen molar-refractivity contribution >= 4 is 0 Å². The van der Waals surface area contributed by atoms with Gasteiger partial charge in [-0.25, -0.2) is 0 Å². The van der Waals surface area contributed by atoms with Crippen molar-refractivity contribution in [2.24, 2.45) is 5.73 Å². The van der Waals surface area contributed by atoms with E-state index in [9.17, 15) is 14.6 Å². The van der Waals surface area contributed by atoms with Crippen molar-refractivity contribution in [1.29, 1.82) is 0 Å². The zero-order chi connectivity index (χ0) is 17.9. The van der Waals surface area contributed by atoms with Gasteiger partial charge >= 0.3 is 0 Å². The number of likely N-dealkylation sites (N-methyl/N-ethyl adjacent to an activating group) is 1. The third kappa shape index (κ3) is 3.54. The molecule has 1 aromatic carbocycles. The van der Waals surface area contributed by atoms with Crippen molar-refractivity contribution in [3.05, 3.63) is 58.2 Å². The first kappa shape index (κ1) is 17.9. The van der Waals surface area contributed by atoms with Crippen LogP contribution in [0.5, 0.6) is 11.5 Å². The minimum absolute atomic E-state index is 0.406. The SMILES string of the molecule is CN/C=C(\CN)C1=CC=C(Cc2cc(C)c(O)c(F)c2O)CN1C. The van der Waals surface area contributed by atoms with E-state index in [1.165, 1.54) is 0 Å². The van der Waals surface area contributed by atoms with Crippen LogP contribution in [0.4, 0.5) is 4.39 Å². The summed E-state index contributed by atoms with van der Waals surface area (Å²) in [7, 11) is 3.78. The largest absolute Gasteiger partial charge is 0.505 e. The van der Waals surface area contributed by atoms with Gasteiger partial charge in [-0.05, 0) is 36.6 Å². The lowest BCUT2D eigenvalue weighted by molar-refractivity contribution is 0.382. The van der Waals surface area contributed by atoms with E-state index in [4.69, 9.17) is 5.73 Å². The van der Waals surface area contributed by atoms with Crippen LogP contribution in [0, 0.1) is 12.7 Å². The molecule has 1 aromatic rings. The Labute approximate surface area is 141 Å². The highest BCUT2D eigenvalue weighted by atomic mass is 19.1. The van der Waals surface area contributed by atoms with Gasteiger partial charge in [0.25, 0.3) is 0 Å². The quantitative estimate of drug-likeness (QED) is 0.662. The van der Waals surface area contributed by atoms with E-state index in [0.29, 0.717) is 30.6 Å². The standard InChI is InChI=1S/C18H24FN3O2/c1-11-6-13(18(24)16(19)17(11)23)7-12-4-5-15(22(3)10-12)14(8-20)9-21-2/h4-6,9,21,23-24H,7-8,10,20H2,1-3H3/b14-9+. The number of aromatic hydroxyl groups is 2. The average molecular weight is 333 g/mol. The fourth-order valence-corrected chi connectivity index (χ4v) is 2.85. The number of rotatable bonds is 5. The summed E-state index contributed by atoms with van der Waals surface area (Å²) < 4.78 is 13.8. The molecule has 0 atom stereocenters. The van der Waals surface area contributed by atoms with E-state index >= 15 is 0 Å². The molecule has 1 aliphatic heterocycles. The van der Waals surface area contributed by atoms with Crippen LogP contribution in [-0.4, -0.2) is 42.3 Å². The van der Waals surface area contributed by atoms with Gasteiger partial charge in [0.2, 0.25) is 5.82 Å². The van der Waals surface area contributed by atoms with Crippen molar-refractivity contribution in [3.8, 4) is 11.5 Å². The van der Waals surface area contributed by atoms with E-state index in [0.717, 1.165) is 16.8 Å². The lowest BCUT2D eigenvalue weighted by atomic mass is 9.97. The molecular formula is C18H24FN3O2. The Morgan fingerprint density at radius 3 is 2.67 bits per heavy atom. The Bertz CT molecular complexity index is 723. The molecule has 130 valence electrons. The highest BCUT2D eigenvalue weighted by Crippen LogP contribution is 2.34. The van der Waals surface area contributed by atoms with Gasteiger partial charge < -0.3 is 26.2 Å². The normalized spacial score (nSPS) is 15.2. The first-order valence-electron chi connectivity index (χ1n) is 7.76. The highest BCUT2D eigenvalue weighted by Gasteiger charge is 2.19. The first-order chi connectivity index (χ1) is 11.4. The molecule has 0 amide bonds. The lowest BCUT2D eigenvalue weighted by Gasteiger charge is -2.29. The second kappa shape index (κ2) is 7.40. The summed E-state index contributed by atoms with van der Waals surface area (Å²) in [6.45, 7) is 2.67. The Balaban J connectivity index is 2.29. The number of halogens is 1. The van der Waals surface area contributed by atoms with Crippen LogP contribution < -0.4 is 11.1 Å². The molecule has 1 aliphatic rings. The number of phenols is 2. The number of allylic oxidation sites excluding steroid dienone is 2. The number of hydrogen-bond acceptors (Lipinski definition) is 5. The summed E-state index contributed by atoms with van der Waals surface area (Å²) in [6, 6.07) is 1.61. The molecule has 0 radical (unpaired) electrons. The topological polar surface area (TPSA) is 81.8 Å². The van der Waals surface area contributed by atoms with Gasteiger partial charge in [0.15, 0.2) is 11.5 Å². The molecule has 0 unspecified atom stereocenters. The summed E-state index contributed by atoms with van der Waals surface area (Å²) in [5, 5.41) is 22.4. The molecule has 0 aromatic heterocycles. The van der Waals surface area contributed by atoms with Crippen LogP contribution >= 0.6 is 0 Å². The molecule has 0 fully saturated rings. The predicted octanol–water partition coefficient (Wildman–Crippen LogP) is 1.91. The fraction of sp³-hybridized carbons (Fsp3) is 0.333. The van der Waals surface area contributed by atoms with Crippen LogP contribution in [0.15, 0.2) is 41.3 Å². The van der Waals surface area contributed by atoms with Gasteiger partial charge in [0.05, 0.1) is 0 Å². The molecule has 0 aliphatic carbocycles. The van der Waals surface area contributed by atoms with E-state index in [1.807, 2.05) is 32.4 Å². The minimum atomic E-state index is -0.964. The molecule has 0 saturated carbocycles. The minimum Gasteiger partial charge on any atom is -0.505 e. The molecule has 1 heterocycles. The van der Waals surface area contributed by atoms with Crippen LogP contribution in [0.25, 0.3) is 0 Å². The number of nitrogens with one attached hydrogen (secondary N) is 1. The van der Waals surface area contributed by atoms with Crippen molar-refractivity contribution in [2.75, 3.05) is 27.2 Å². The van der Waals surface area contributed by atoms with Crippen LogP contribution in [0.1, 0.15) is 11.1 Å².